The van der Waals surface area contributed by atoms with Crippen molar-refractivity contribution < 1.29 is 13.2 Å². The van der Waals surface area contributed by atoms with Crippen LogP contribution in [-0.2, 0) is 9.84 Å². The first kappa shape index (κ1) is 18.8. The van der Waals surface area contributed by atoms with Gasteiger partial charge in [-0.15, -0.1) is 0 Å². The van der Waals surface area contributed by atoms with Gasteiger partial charge in [0.05, 0.1) is 5.25 Å². The molecular weight excluding hydrogens is 382 g/mol. The van der Waals surface area contributed by atoms with Crippen LogP contribution in [0, 0.1) is 0 Å². The predicted molar refractivity (Wildman–Crippen MR) is 107 cm³/mol. The fourth-order valence-electron chi connectivity index (χ4n) is 4.07. The van der Waals surface area contributed by atoms with Crippen molar-refractivity contribution in [3.05, 3.63) is 53.1 Å². The summed E-state index contributed by atoms with van der Waals surface area (Å²) in [4.78, 5) is 2.70. The number of piperidine rings is 1. The average molecular weight is 406 g/mol. The van der Waals surface area contributed by atoms with Crippen molar-refractivity contribution >= 4 is 21.4 Å². The number of rotatable bonds is 4. The molecule has 4 rings (SSSR count). The molecule has 0 aromatic heterocycles. The summed E-state index contributed by atoms with van der Waals surface area (Å²) in [6.07, 6.45) is 5.16. The molecule has 0 radical (unpaired) electrons. The van der Waals surface area contributed by atoms with Crippen LogP contribution in [0.3, 0.4) is 0 Å². The average Bonchev–Trinajstić information content (AvgIpc) is 2.76. The Bertz CT molecular complexity index is 923. The van der Waals surface area contributed by atoms with Gasteiger partial charge in [0.2, 0.25) is 0 Å². The summed E-state index contributed by atoms with van der Waals surface area (Å²) in [5, 5.41) is -0.112. The number of para-hydroxylation sites is 1. The maximum absolute atomic E-state index is 13.4. The molecule has 0 N–H and O–H groups in total. The molecule has 6 heteroatoms. The van der Waals surface area contributed by atoms with E-state index in [0.717, 1.165) is 26.1 Å². The third-order valence-corrected chi connectivity index (χ3v) is 7.88. The largest absolute Gasteiger partial charge is 0.456 e. The van der Waals surface area contributed by atoms with E-state index in [9.17, 15) is 8.42 Å². The van der Waals surface area contributed by atoms with E-state index >= 15 is 0 Å². The Balaban J connectivity index is 1.66. The van der Waals surface area contributed by atoms with Crippen molar-refractivity contribution in [2.75, 3.05) is 19.6 Å². The lowest BCUT2D eigenvalue weighted by molar-refractivity contribution is 0.224. The molecule has 4 nitrogen and oxygen atoms in total. The third kappa shape index (κ3) is 3.86. The molecule has 0 amide bonds. The highest BCUT2D eigenvalue weighted by Gasteiger charge is 2.36. The highest BCUT2D eigenvalue weighted by molar-refractivity contribution is 7.91. The summed E-state index contributed by atoms with van der Waals surface area (Å²) < 4.78 is 32.9. The molecule has 144 valence electrons. The Hall–Kier alpha value is -1.56. The van der Waals surface area contributed by atoms with Gasteiger partial charge in [0.1, 0.15) is 16.4 Å². The van der Waals surface area contributed by atoms with Crippen molar-refractivity contribution in [1.82, 2.24) is 4.90 Å². The lowest BCUT2D eigenvalue weighted by Gasteiger charge is -2.27. The topological polar surface area (TPSA) is 46.6 Å². The standard InChI is InChI=1S/C21H24ClNO3S/c22-16-10-11-18-17(15-16)20(9-6-14-23-12-4-1-5-13-23)27(24,25)21-8-3-2-7-19(21)26-18/h2-3,7-8,10-11,15,20H,1,4-6,9,12-14H2. The number of benzene rings is 2. The van der Waals surface area contributed by atoms with E-state index in [1.165, 1.54) is 19.3 Å². The minimum atomic E-state index is -3.55. The highest BCUT2D eigenvalue weighted by atomic mass is 35.5. The molecule has 0 spiro atoms. The van der Waals surface area contributed by atoms with Crippen LogP contribution in [0.15, 0.2) is 47.4 Å². The molecule has 0 bridgehead atoms. The second-order valence-corrected chi connectivity index (χ2v) is 9.84. The molecular formula is C21H24ClNO3S. The second-order valence-electron chi connectivity index (χ2n) is 7.31. The van der Waals surface area contributed by atoms with Gasteiger partial charge < -0.3 is 9.64 Å². The lowest BCUT2D eigenvalue weighted by Crippen LogP contribution is -2.31. The minimum absolute atomic E-state index is 0.264. The number of likely N-dealkylation sites (tertiary alicyclic amines) is 1. The van der Waals surface area contributed by atoms with E-state index in [1.54, 1.807) is 42.5 Å². The van der Waals surface area contributed by atoms with Gasteiger partial charge in [-0.2, -0.15) is 0 Å². The number of hydrogen-bond acceptors (Lipinski definition) is 4. The summed E-state index contributed by atoms with van der Waals surface area (Å²) in [7, 11) is -3.55. The van der Waals surface area contributed by atoms with E-state index in [0.29, 0.717) is 28.5 Å². The van der Waals surface area contributed by atoms with E-state index in [4.69, 9.17) is 16.3 Å². The first-order chi connectivity index (χ1) is 13.1. The Morgan fingerprint density at radius 2 is 1.81 bits per heavy atom. The molecule has 1 atom stereocenters. The molecule has 1 fully saturated rings. The molecule has 1 unspecified atom stereocenters. The fraction of sp³-hybridized carbons (Fsp3) is 0.429. The number of nitrogens with zero attached hydrogens (tertiary/aromatic N) is 1. The van der Waals surface area contributed by atoms with E-state index in [-0.39, 0.29) is 4.90 Å². The van der Waals surface area contributed by atoms with Gasteiger partial charge in [-0.25, -0.2) is 8.42 Å². The quantitative estimate of drug-likeness (QED) is 0.698. The Morgan fingerprint density at radius 1 is 1.04 bits per heavy atom. The third-order valence-electron chi connectivity index (χ3n) is 5.46. The van der Waals surface area contributed by atoms with E-state index in [2.05, 4.69) is 4.90 Å². The van der Waals surface area contributed by atoms with Crippen LogP contribution < -0.4 is 4.74 Å². The van der Waals surface area contributed by atoms with Crippen molar-refractivity contribution in [1.29, 1.82) is 0 Å². The zero-order valence-corrected chi connectivity index (χ0v) is 16.8. The number of hydrogen-bond donors (Lipinski definition) is 0. The van der Waals surface area contributed by atoms with Gasteiger partial charge in [0.25, 0.3) is 0 Å². The van der Waals surface area contributed by atoms with Gasteiger partial charge >= 0.3 is 0 Å². The van der Waals surface area contributed by atoms with Crippen LogP contribution in [-0.4, -0.2) is 33.0 Å². The van der Waals surface area contributed by atoms with Crippen LogP contribution in [0.4, 0.5) is 0 Å². The van der Waals surface area contributed by atoms with Gasteiger partial charge in [0.15, 0.2) is 9.84 Å². The van der Waals surface area contributed by atoms with Crippen LogP contribution in [0.5, 0.6) is 11.5 Å². The number of sulfone groups is 1. The van der Waals surface area contributed by atoms with E-state index < -0.39 is 15.1 Å². The van der Waals surface area contributed by atoms with Crippen LogP contribution >= 0.6 is 11.6 Å². The number of fused-ring (bicyclic) bond motifs is 2. The van der Waals surface area contributed by atoms with Crippen molar-refractivity contribution in [3.63, 3.8) is 0 Å². The highest BCUT2D eigenvalue weighted by Crippen LogP contribution is 2.46. The Morgan fingerprint density at radius 3 is 2.63 bits per heavy atom. The van der Waals surface area contributed by atoms with Gasteiger partial charge in [-0.1, -0.05) is 30.2 Å². The zero-order valence-electron chi connectivity index (χ0n) is 15.2. The molecule has 0 saturated carbocycles. The second kappa shape index (κ2) is 7.82. The molecule has 1 saturated heterocycles. The number of halogens is 1. The predicted octanol–water partition coefficient (Wildman–Crippen LogP) is 5.23. The Kier molecular flexibility index (Phi) is 5.44. The normalized spacial score (nSPS) is 21.6. The summed E-state index contributed by atoms with van der Waals surface area (Å²) >= 11 is 6.20. The van der Waals surface area contributed by atoms with Gasteiger partial charge in [-0.3, -0.25) is 0 Å². The summed E-state index contributed by atoms with van der Waals surface area (Å²) in [6, 6.07) is 12.1. The maximum atomic E-state index is 13.4. The molecule has 27 heavy (non-hydrogen) atoms. The monoisotopic (exact) mass is 405 g/mol. The summed E-state index contributed by atoms with van der Waals surface area (Å²) in [5.41, 5.74) is 0.664. The lowest BCUT2D eigenvalue weighted by atomic mass is 10.1. The van der Waals surface area contributed by atoms with Crippen molar-refractivity contribution in [3.8, 4) is 11.5 Å². The van der Waals surface area contributed by atoms with E-state index in [1.807, 2.05) is 0 Å². The smallest absolute Gasteiger partial charge is 0.189 e. The van der Waals surface area contributed by atoms with Crippen molar-refractivity contribution in [2.45, 2.75) is 42.2 Å². The molecule has 2 aromatic carbocycles. The van der Waals surface area contributed by atoms with Crippen molar-refractivity contribution in [2.24, 2.45) is 0 Å². The van der Waals surface area contributed by atoms with Crippen LogP contribution in [0.25, 0.3) is 0 Å². The van der Waals surface area contributed by atoms with Gasteiger partial charge in [-0.05, 0) is 75.6 Å². The first-order valence-corrected chi connectivity index (χ1v) is 11.5. The molecule has 2 aromatic rings. The minimum Gasteiger partial charge on any atom is -0.456 e. The SMILES string of the molecule is O=S1(=O)c2ccccc2Oc2ccc(Cl)cc2C1CCCN1CCCCC1. The number of ether oxygens (including phenoxy) is 1. The molecule has 2 aliphatic rings. The first-order valence-electron chi connectivity index (χ1n) is 9.58. The zero-order chi connectivity index (χ0) is 18.9. The summed E-state index contributed by atoms with van der Waals surface area (Å²) in [5.74, 6) is 0.968. The molecule has 0 aliphatic carbocycles. The fourth-order valence-corrected chi connectivity index (χ4v) is 6.21. The summed E-state index contributed by atoms with van der Waals surface area (Å²) in [6.45, 7) is 3.17. The van der Waals surface area contributed by atoms with Crippen LogP contribution in [0.1, 0.15) is 42.9 Å². The maximum Gasteiger partial charge on any atom is 0.189 e. The molecule has 2 heterocycles. The van der Waals surface area contributed by atoms with Crippen LogP contribution in [0.2, 0.25) is 5.02 Å². The van der Waals surface area contributed by atoms with Gasteiger partial charge in [0, 0.05) is 10.6 Å². The molecule has 2 aliphatic heterocycles. The Labute approximate surface area is 166 Å².